The third-order valence-corrected chi connectivity index (χ3v) is 7.53. The van der Waals surface area contributed by atoms with E-state index in [0.29, 0.717) is 61.7 Å². The Kier molecular flexibility index (Phi) is 9.28. The predicted octanol–water partition coefficient (Wildman–Crippen LogP) is 6.70. The number of carbonyl (C=O) groups excluding carboxylic acids is 1. The van der Waals surface area contributed by atoms with E-state index in [4.69, 9.17) is 9.47 Å². The van der Waals surface area contributed by atoms with Crippen molar-refractivity contribution in [2.24, 2.45) is 0 Å². The zero-order valence-corrected chi connectivity index (χ0v) is 23.7. The van der Waals surface area contributed by atoms with Gasteiger partial charge in [0.05, 0.1) is 13.2 Å². The molecular formula is C32H36F2N2O5. The first-order valence-electron chi connectivity index (χ1n) is 13.7. The van der Waals surface area contributed by atoms with Gasteiger partial charge in [0.1, 0.15) is 11.4 Å². The lowest BCUT2D eigenvalue weighted by atomic mass is 9.94. The number of carboxylic acid groups (broad SMARTS) is 1. The summed E-state index contributed by atoms with van der Waals surface area (Å²) < 4.78 is 39.4. The van der Waals surface area contributed by atoms with Gasteiger partial charge in [-0.2, -0.15) is 0 Å². The minimum absolute atomic E-state index is 0.146. The summed E-state index contributed by atoms with van der Waals surface area (Å²) in [6.07, 6.45) is 4.65. The SMILES string of the molecule is C=C(C)C(=CC=C(C)C(=O)O)N1CC2(CCCN(Cc3cc(OCC)ccc3-c3ccc(F)c(F)c3)CC2)OC1=O. The molecule has 0 radical (unpaired) electrons. The summed E-state index contributed by atoms with van der Waals surface area (Å²) in [5, 5.41) is 9.19. The molecule has 2 heterocycles. The number of hydrogen-bond donors (Lipinski definition) is 1. The summed E-state index contributed by atoms with van der Waals surface area (Å²) in [6, 6.07) is 9.55. The number of hydrogen-bond acceptors (Lipinski definition) is 5. The smallest absolute Gasteiger partial charge is 0.415 e. The Morgan fingerprint density at radius 1 is 1.12 bits per heavy atom. The fraction of sp³-hybridized carbons (Fsp3) is 0.375. The molecule has 1 atom stereocenters. The van der Waals surface area contributed by atoms with Gasteiger partial charge in [-0.1, -0.05) is 24.8 Å². The monoisotopic (exact) mass is 566 g/mol. The quantitative estimate of drug-likeness (QED) is 0.269. The highest BCUT2D eigenvalue weighted by Crippen LogP contribution is 2.37. The number of carboxylic acids is 1. The predicted molar refractivity (Wildman–Crippen MR) is 152 cm³/mol. The molecule has 2 saturated heterocycles. The van der Waals surface area contributed by atoms with Gasteiger partial charge < -0.3 is 14.6 Å². The maximum Gasteiger partial charge on any atom is 0.415 e. The summed E-state index contributed by atoms with van der Waals surface area (Å²) >= 11 is 0. The van der Waals surface area contributed by atoms with E-state index >= 15 is 0 Å². The summed E-state index contributed by atoms with van der Waals surface area (Å²) in [5.41, 5.74) is 2.93. The summed E-state index contributed by atoms with van der Waals surface area (Å²) in [4.78, 5) is 28.0. The second kappa shape index (κ2) is 12.7. The molecular weight excluding hydrogens is 530 g/mol. The minimum Gasteiger partial charge on any atom is -0.494 e. The van der Waals surface area contributed by atoms with Gasteiger partial charge in [0.2, 0.25) is 0 Å². The van der Waals surface area contributed by atoms with Crippen LogP contribution in [0.3, 0.4) is 0 Å². The molecule has 1 amide bonds. The van der Waals surface area contributed by atoms with Gasteiger partial charge in [-0.05, 0) is 92.8 Å². The molecule has 218 valence electrons. The van der Waals surface area contributed by atoms with Gasteiger partial charge in [-0.15, -0.1) is 0 Å². The normalized spacial score (nSPS) is 20.2. The highest BCUT2D eigenvalue weighted by atomic mass is 19.2. The molecule has 0 saturated carbocycles. The number of nitrogens with zero attached hydrogens (tertiary/aromatic N) is 2. The third kappa shape index (κ3) is 7.03. The van der Waals surface area contributed by atoms with Crippen molar-refractivity contribution in [1.29, 1.82) is 0 Å². The maximum absolute atomic E-state index is 14.1. The van der Waals surface area contributed by atoms with Gasteiger partial charge in [-0.3, -0.25) is 9.80 Å². The molecule has 2 aromatic rings. The lowest BCUT2D eigenvalue weighted by molar-refractivity contribution is -0.132. The van der Waals surface area contributed by atoms with Crippen LogP contribution in [0.5, 0.6) is 5.75 Å². The van der Waals surface area contributed by atoms with Crippen LogP contribution in [0, 0.1) is 11.6 Å². The van der Waals surface area contributed by atoms with Gasteiger partial charge >= 0.3 is 12.1 Å². The van der Waals surface area contributed by atoms with Crippen LogP contribution < -0.4 is 4.74 Å². The van der Waals surface area contributed by atoms with Crippen molar-refractivity contribution >= 4 is 12.1 Å². The highest BCUT2D eigenvalue weighted by Gasteiger charge is 2.46. The zero-order chi connectivity index (χ0) is 29.7. The molecule has 4 rings (SSSR count). The molecule has 7 nitrogen and oxygen atoms in total. The lowest BCUT2D eigenvalue weighted by Crippen LogP contribution is -2.36. The average molecular weight is 567 g/mol. The number of amides is 1. The Balaban J connectivity index is 1.53. The van der Waals surface area contributed by atoms with Gasteiger partial charge in [0.25, 0.3) is 0 Å². The average Bonchev–Trinajstić information content (AvgIpc) is 3.11. The van der Waals surface area contributed by atoms with E-state index in [1.165, 1.54) is 24.0 Å². The largest absolute Gasteiger partial charge is 0.494 e. The lowest BCUT2D eigenvalue weighted by Gasteiger charge is -2.26. The van der Waals surface area contributed by atoms with Crippen molar-refractivity contribution in [1.82, 2.24) is 9.80 Å². The molecule has 1 spiro atoms. The van der Waals surface area contributed by atoms with Crippen molar-refractivity contribution in [2.45, 2.75) is 52.2 Å². The van der Waals surface area contributed by atoms with E-state index in [-0.39, 0.29) is 5.57 Å². The number of aliphatic carboxylic acids is 1. The Morgan fingerprint density at radius 3 is 2.59 bits per heavy atom. The van der Waals surface area contributed by atoms with Gasteiger partial charge in [0, 0.05) is 30.8 Å². The summed E-state index contributed by atoms with van der Waals surface area (Å²) in [5.74, 6) is -2.13. The minimum atomic E-state index is -1.04. The Bertz CT molecular complexity index is 1400. The van der Waals surface area contributed by atoms with E-state index < -0.39 is 29.3 Å². The molecule has 0 aliphatic carbocycles. The van der Waals surface area contributed by atoms with Crippen molar-refractivity contribution in [2.75, 3.05) is 26.2 Å². The maximum atomic E-state index is 14.1. The molecule has 2 aliphatic heterocycles. The van der Waals surface area contributed by atoms with Crippen LogP contribution in [-0.2, 0) is 16.1 Å². The van der Waals surface area contributed by atoms with E-state index in [0.717, 1.165) is 30.2 Å². The fourth-order valence-electron chi connectivity index (χ4n) is 5.33. The molecule has 41 heavy (non-hydrogen) atoms. The number of allylic oxidation sites excluding steroid dienone is 3. The van der Waals surface area contributed by atoms with Crippen molar-refractivity contribution in [3.05, 3.63) is 89.2 Å². The highest BCUT2D eigenvalue weighted by molar-refractivity contribution is 5.86. The Morgan fingerprint density at radius 2 is 1.90 bits per heavy atom. The van der Waals surface area contributed by atoms with Crippen molar-refractivity contribution in [3.8, 4) is 16.9 Å². The summed E-state index contributed by atoms with van der Waals surface area (Å²) in [6.45, 7) is 12.0. The number of carbonyl (C=O) groups is 2. The van der Waals surface area contributed by atoms with Crippen molar-refractivity contribution in [3.63, 3.8) is 0 Å². The Labute approximate surface area is 239 Å². The molecule has 2 aliphatic rings. The number of rotatable bonds is 9. The third-order valence-electron chi connectivity index (χ3n) is 7.53. The topological polar surface area (TPSA) is 79.3 Å². The molecule has 1 N–H and O–H groups in total. The van der Waals surface area contributed by atoms with E-state index in [1.54, 1.807) is 19.1 Å². The van der Waals surface area contributed by atoms with Crippen LogP contribution in [0.25, 0.3) is 11.1 Å². The first-order chi connectivity index (χ1) is 19.5. The van der Waals surface area contributed by atoms with Crippen LogP contribution in [0.15, 0.2) is 72.0 Å². The number of likely N-dealkylation sites (tertiary alicyclic amines) is 1. The second-order valence-electron chi connectivity index (χ2n) is 10.6. The first-order valence-corrected chi connectivity index (χ1v) is 13.7. The molecule has 0 bridgehead atoms. The van der Waals surface area contributed by atoms with Gasteiger partial charge in [-0.25, -0.2) is 18.4 Å². The van der Waals surface area contributed by atoms with Crippen LogP contribution in [-0.4, -0.2) is 58.8 Å². The van der Waals surface area contributed by atoms with Crippen LogP contribution in [0.1, 0.15) is 45.6 Å². The Hall–Kier alpha value is -3.98. The molecule has 0 aromatic heterocycles. The molecule has 9 heteroatoms. The van der Waals surface area contributed by atoms with Crippen LogP contribution >= 0.6 is 0 Å². The van der Waals surface area contributed by atoms with Crippen LogP contribution in [0.4, 0.5) is 13.6 Å². The van der Waals surface area contributed by atoms with Crippen LogP contribution in [0.2, 0.25) is 0 Å². The standard InChI is InChI=1S/C32H36F2N2O5/c1-5-40-25-9-10-26(23-8-11-27(33)28(34)18-23)24(17-25)19-35-15-6-13-32(14-16-35)20-36(31(39)41-32)29(21(2)3)12-7-22(4)30(37)38/h7-12,17-18H,2,5-6,13-16,19-20H2,1,3-4H3,(H,37,38). The van der Waals surface area contributed by atoms with Gasteiger partial charge in [0.15, 0.2) is 11.6 Å². The first kappa shape index (κ1) is 30.0. The fourth-order valence-corrected chi connectivity index (χ4v) is 5.33. The number of ether oxygens (including phenoxy) is 2. The second-order valence-corrected chi connectivity index (χ2v) is 10.6. The van der Waals surface area contributed by atoms with Crippen molar-refractivity contribution < 1.29 is 33.0 Å². The molecule has 1 unspecified atom stereocenters. The molecule has 2 aromatic carbocycles. The van der Waals surface area contributed by atoms with E-state index in [2.05, 4.69) is 11.5 Å². The number of benzene rings is 2. The van der Waals surface area contributed by atoms with E-state index in [9.17, 15) is 23.5 Å². The van der Waals surface area contributed by atoms with E-state index in [1.807, 2.05) is 25.1 Å². The zero-order valence-electron chi connectivity index (χ0n) is 23.7. The molecule has 2 fully saturated rings. The summed E-state index contributed by atoms with van der Waals surface area (Å²) in [7, 11) is 0. The number of halogens is 2.